The van der Waals surface area contributed by atoms with Gasteiger partial charge in [-0.05, 0) is 0 Å². The molecule has 1 rings (SSSR count). The standard InChI is InChI=1S/C11H5OP/c1-2-13-9-8-11(12)10-6-4-3-5-7-10/h3-7H/q-2. The van der Waals surface area contributed by atoms with Gasteiger partial charge in [-0.25, -0.2) is 0 Å². The summed E-state index contributed by atoms with van der Waals surface area (Å²) in [6.07, 6.45) is 6.58. The highest BCUT2D eigenvalue weighted by Crippen LogP contribution is 2.03. The van der Waals surface area contributed by atoms with Crippen LogP contribution in [0.2, 0.25) is 0 Å². The van der Waals surface area contributed by atoms with Gasteiger partial charge in [-0.15, -0.1) is 0 Å². The molecule has 0 spiro atoms. The topological polar surface area (TPSA) is 17.1 Å². The summed E-state index contributed by atoms with van der Waals surface area (Å²) in [6.45, 7) is 0. The Kier molecular flexibility index (Phi) is 3.77. The third-order valence-corrected chi connectivity index (χ3v) is 1.65. The molecule has 13 heavy (non-hydrogen) atoms. The highest BCUT2D eigenvalue weighted by Gasteiger charge is 1.96. The molecule has 1 aromatic carbocycles. The molecule has 0 amide bonds. The van der Waals surface area contributed by atoms with E-state index in [2.05, 4.69) is 17.2 Å². The Labute approximate surface area is 79.3 Å². The first-order valence-corrected chi connectivity index (χ1v) is 4.46. The maximum absolute atomic E-state index is 11.3. The van der Waals surface area contributed by atoms with Gasteiger partial charge >= 0.3 is 0 Å². The molecule has 1 aromatic rings. The van der Waals surface area contributed by atoms with Crippen LogP contribution < -0.4 is 0 Å². The van der Waals surface area contributed by atoms with Crippen molar-refractivity contribution in [3.63, 3.8) is 0 Å². The van der Waals surface area contributed by atoms with Crippen LogP contribution in [0.3, 0.4) is 0 Å². The maximum Gasteiger partial charge on any atom is 0.233 e. The van der Waals surface area contributed by atoms with Gasteiger partial charge in [-0.1, -0.05) is 36.3 Å². The summed E-state index contributed by atoms with van der Waals surface area (Å²) in [6, 6.07) is 8.84. The van der Waals surface area contributed by atoms with Crippen molar-refractivity contribution in [3.05, 3.63) is 42.3 Å². The Morgan fingerprint density at radius 2 is 2.00 bits per heavy atom. The van der Waals surface area contributed by atoms with Gasteiger partial charge in [0, 0.05) is 5.56 Å². The van der Waals surface area contributed by atoms with Crippen LogP contribution in [-0.2, 0) is 0 Å². The number of carbonyl (C=O) groups is 1. The molecule has 0 aliphatic rings. The average Bonchev–Trinajstić information content (AvgIpc) is 2.19. The van der Waals surface area contributed by atoms with Crippen molar-refractivity contribution in [2.45, 2.75) is 0 Å². The zero-order valence-corrected chi connectivity index (χ0v) is 7.64. The first kappa shape index (κ1) is 9.53. The van der Waals surface area contributed by atoms with Crippen molar-refractivity contribution in [1.82, 2.24) is 0 Å². The first-order valence-electron chi connectivity index (χ1n) is 3.56. The number of carbonyl (C=O) groups excluding carboxylic acids is 1. The van der Waals surface area contributed by atoms with E-state index in [0.29, 0.717) is 14.1 Å². The number of hydrogen-bond donors (Lipinski definition) is 0. The monoisotopic (exact) mass is 184 g/mol. The molecule has 0 saturated carbocycles. The summed E-state index contributed by atoms with van der Waals surface area (Å²) in [7, 11) is 0.427. The fraction of sp³-hybridized carbons (Fsp3) is 0. The number of benzene rings is 1. The minimum absolute atomic E-state index is 0.219. The van der Waals surface area contributed by atoms with Crippen LogP contribution in [0.15, 0.2) is 30.3 Å². The van der Waals surface area contributed by atoms with E-state index in [4.69, 9.17) is 6.42 Å². The number of hydrogen-bond acceptors (Lipinski definition) is 1. The second-order valence-corrected chi connectivity index (χ2v) is 2.83. The van der Waals surface area contributed by atoms with Gasteiger partial charge in [-0.3, -0.25) is 10.5 Å². The zero-order chi connectivity index (χ0) is 9.52. The lowest BCUT2D eigenvalue weighted by Crippen LogP contribution is -1.92. The fourth-order valence-corrected chi connectivity index (χ4v) is 0.982. The average molecular weight is 184 g/mol. The lowest BCUT2D eigenvalue weighted by atomic mass is 10.1. The lowest BCUT2D eigenvalue weighted by molar-refractivity contribution is 0.105. The van der Waals surface area contributed by atoms with Gasteiger partial charge in [0.05, 0.1) is 0 Å². The summed E-state index contributed by atoms with van der Waals surface area (Å²) in [5.74, 6) is 2.20. The van der Waals surface area contributed by atoms with Gasteiger partial charge in [0.2, 0.25) is 5.78 Å². The van der Waals surface area contributed by atoms with Gasteiger partial charge < -0.3 is 20.7 Å². The third kappa shape index (κ3) is 3.12. The molecule has 62 valence electrons. The Hall–Kier alpha value is -1.56. The number of rotatable bonds is 1. The second-order valence-electron chi connectivity index (χ2n) is 2.16. The zero-order valence-electron chi connectivity index (χ0n) is 6.74. The predicted octanol–water partition coefficient (Wildman–Crippen LogP) is 2.32. The molecule has 0 aromatic heterocycles. The van der Waals surface area contributed by atoms with E-state index in [1.807, 2.05) is 6.07 Å². The van der Waals surface area contributed by atoms with E-state index in [1.165, 1.54) is 0 Å². The predicted molar refractivity (Wildman–Crippen MR) is 52.6 cm³/mol. The lowest BCUT2D eigenvalue weighted by Gasteiger charge is -1.99. The SMILES string of the molecule is [C-]#C[P-]C#CC(=O)c1ccccc1. The van der Waals surface area contributed by atoms with Crippen LogP contribution in [0.4, 0.5) is 0 Å². The molecular formula is C11H5OP-2. The van der Waals surface area contributed by atoms with E-state index >= 15 is 0 Å². The fourth-order valence-electron chi connectivity index (χ4n) is 0.768. The van der Waals surface area contributed by atoms with Gasteiger partial charge in [0.1, 0.15) is 0 Å². The van der Waals surface area contributed by atoms with Crippen molar-refractivity contribution in [3.8, 4) is 17.2 Å². The Morgan fingerprint density at radius 1 is 1.31 bits per heavy atom. The molecule has 0 aliphatic carbocycles. The highest BCUT2D eigenvalue weighted by molar-refractivity contribution is 7.49. The molecule has 0 fully saturated rings. The van der Waals surface area contributed by atoms with Crippen LogP contribution in [0, 0.1) is 23.7 Å². The van der Waals surface area contributed by atoms with Crippen LogP contribution >= 0.6 is 8.58 Å². The second kappa shape index (κ2) is 5.15. The molecule has 0 atom stereocenters. The van der Waals surface area contributed by atoms with Crippen LogP contribution in [0.5, 0.6) is 0 Å². The molecule has 0 unspecified atom stereocenters. The van der Waals surface area contributed by atoms with Crippen LogP contribution in [0.25, 0.3) is 0 Å². The molecule has 0 N–H and O–H groups in total. The first-order chi connectivity index (χ1) is 6.34. The van der Waals surface area contributed by atoms with Crippen LogP contribution in [0.1, 0.15) is 10.4 Å². The van der Waals surface area contributed by atoms with Crippen molar-refractivity contribution < 1.29 is 4.79 Å². The summed E-state index contributed by atoms with van der Waals surface area (Å²) >= 11 is 0. The summed E-state index contributed by atoms with van der Waals surface area (Å²) in [4.78, 5) is 11.3. The summed E-state index contributed by atoms with van der Waals surface area (Å²) in [5.41, 5.74) is 5.16. The molecule has 2 heteroatoms. The van der Waals surface area contributed by atoms with Crippen LogP contribution in [-0.4, -0.2) is 5.78 Å². The quantitative estimate of drug-likeness (QED) is 0.283. The van der Waals surface area contributed by atoms with Gasteiger partial charge in [0.15, 0.2) is 0 Å². The van der Waals surface area contributed by atoms with Crippen molar-refractivity contribution in [1.29, 1.82) is 0 Å². The number of Topliss-reactive ketones (excluding diaryl/α,β-unsaturated/α-hetero) is 1. The molecule has 0 bridgehead atoms. The summed E-state index contributed by atoms with van der Waals surface area (Å²) < 4.78 is 0. The van der Waals surface area contributed by atoms with Crippen molar-refractivity contribution >= 4 is 14.4 Å². The van der Waals surface area contributed by atoms with E-state index in [-0.39, 0.29) is 5.78 Å². The number of ketones is 1. The minimum atomic E-state index is -0.219. The summed E-state index contributed by atoms with van der Waals surface area (Å²) in [5, 5.41) is 0. The smallest absolute Gasteiger partial charge is 0.233 e. The Balaban J connectivity index is 2.73. The van der Waals surface area contributed by atoms with E-state index < -0.39 is 0 Å². The normalized spacial score (nSPS) is 8.85. The van der Waals surface area contributed by atoms with Gasteiger partial charge in [0.25, 0.3) is 0 Å². The van der Waals surface area contributed by atoms with Crippen molar-refractivity contribution in [2.75, 3.05) is 0 Å². The molecule has 1 nitrogen and oxygen atoms in total. The van der Waals surface area contributed by atoms with E-state index in [1.54, 1.807) is 24.3 Å². The molecule has 0 heterocycles. The van der Waals surface area contributed by atoms with E-state index in [9.17, 15) is 4.79 Å². The molecule has 0 radical (unpaired) electrons. The largest absolute Gasteiger partial charge is 0.730 e. The van der Waals surface area contributed by atoms with E-state index in [0.717, 1.165) is 0 Å². The maximum atomic E-state index is 11.3. The van der Waals surface area contributed by atoms with Crippen molar-refractivity contribution in [2.24, 2.45) is 0 Å². The molecule has 0 aliphatic heterocycles. The highest BCUT2D eigenvalue weighted by atomic mass is 31.1. The van der Waals surface area contributed by atoms with Gasteiger partial charge in [-0.2, -0.15) is 0 Å². The Morgan fingerprint density at radius 3 is 2.62 bits per heavy atom. The Bertz CT molecular complexity index is 390. The molecular weight excluding hydrogens is 179 g/mol. The third-order valence-electron chi connectivity index (χ3n) is 1.32. The minimum Gasteiger partial charge on any atom is -0.730 e. The molecule has 0 saturated heterocycles.